The van der Waals surface area contributed by atoms with E-state index in [0.717, 1.165) is 51.4 Å². The van der Waals surface area contributed by atoms with Crippen LogP contribution < -0.4 is 4.74 Å². The average molecular weight is 339 g/mol. The minimum atomic E-state index is 0.765. The summed E-state index contributed by atoms with van der Waals surface area (Å²) in [7, 11) is 1.68. The molecule has 5 rings (SSSR count). The fourth-order valence-electron chi connectivity index (χ4n) is 3.53. The minimum Gasteiger partial charge on any atom is -0.497 e. The molecular weight excluding hydrogens is 322 g/mol. The molecule has 0 N–H and O–H groups in total. The van der Waals surface area contributed by atoms with E-state index in [9.17, 15) is 0 Å². The first-order valence-corrected chi connectivity index (χ1v) is 8.65. The number of ether oxygens (including phenoxy) is 1. The first-order valence-electron chi connectivity index (χ1n) is 8.65. The third-order valence-electron chi connectivity index (χ3n) is 4.86. The monoisotopic (exact) mass is 339 g/mol. The fraction of sp³-hybridized carbons (Fsp3) is 0.0870. The molecule has 0 saturated carbocycles. The lowest BCUT2D eigenvalue weighted by molar-refractivity contribution is 0.415. The zero-order valence-electron chi connectivity index (χ0n) is 14.4. The zero-order chi connectivity index (χ0) is 17.5. The van der Waals surface area contributed by atoms with Gasteiger partial charge in [-0.25, -0.2) is 4.99 Å². The Balaban J connectivity index is 1.77. The summed E-state index contributed by atoms with van der Waals surface area (Å²) in [6.45, 7) is 0. The smallest absolute Gasteiger partial charge is 0.161 e. The van der Waals surface area contributed by atoms with E-state index in [1.54, 1.807) is 7.11 Å². The van der Waals surface area contributed by atoms with Crippen molar-refractivity contribution in [2.45, 2.75) is 6.42 Å². The summed E-state index contributed by atoms with van der Waals surface area (Å²) in [5, 5.41) is 1.05. The van der Waals surface area contributed by atoms with Crippen LogP contribution in [0, 0.1) is 0 Å². The van der Waals surface area contributed by atoms with Crippen molar-refractivity contribution < 1.29 is 9.15 Å². The van der Waals surface area contributed by atoms with Crippen LogP contribution in [0.25, 0.3) is 22.3 Å². The first-order chi connectivity index (χ1) is 12.8. The molecule has 26 heavy (non-hydrogen) atoms. The van der Waals surface area contributed by atoms with Crippen molar-refractivity contribution in [3.8, 4) is 17.1 Å². The van der Waals surface area contributed by atoms with Gasteiger partial charge in [-0.15, -0.1) is 0 Å². The van der Waals surface area contributed by atoms with Crippen LogP contribution in [-0.2, 0) is 6.42 Å². The summed E-state index contributed by atoms with van der Waals surface area (Å²) in [6, 6.07) is 24.5. The number of methoxy groups -OCH3 is 1. The number of hydrogen-bond acceptors (Lipinski definition) is 3. The SMILES string of the molecule is COc1ccc(C2=Nc3c(oc4ccccc34)-c3ccccc3C2)cc1. The molecule has 0 radical (unpaired) electrons. The highest BCUT2D eigenvalue weighted by molar-refractivity contribution is 6.09. The van der Waals surface area contributed by atoms with E-state index >= 15 is 0 Å². The maximum absolute atomic E-state index is 6.19. The highest BCUT2D eigenvalue weighted by Gasteiger charge is 2.22. The largest absolute Gasteiger partial charge is 0.497 e. The van der Waals surface area contributed by atoms with E-state index in [1.807, 2.05) is 36.4 Å². The summed E-state index contributed by atoms with van der Waals surface area (Å²) in [5.41, 5.74) is 6.25. The Morgan fingerprint density at radius 2 is 1.65 bits per heavy atom. The van der Waals surface area contributed by atoms with Crippen LogP contribution in [-0.4, -0.2) is 12.8 Å². The maximum Gasteiger partial charge on any atom is 0.161 e. The average Bonchev–Trinajstić information content (AvgIpc) is 2.98. The van der Waals surface area contributed by atoms with Gasteiger partial charge in [0, 0.05) is 17.4 Å². The standard InChI is InChI=1S/C23H17NO2/c1-25-17-12-10-15(11-13-17)20-14-16-6-2-3-7-18(16)23-22(24-20)19-8-4-5-9-21(19)26-23/h2-13H,14H2,1H3. The third-order valence-corrected chi connectivity index (χ3v) is 4.86. The van der Waals surface area contributed by atoms with Crippen LogP contribution in [0.2, 0.25) is 0 Å². The van der Waals surface area contributed by atoms with Gasteiger partial charge in [0.1, 0.15) is 17.0 Å². The lowest BCUT2D eigenvalue weighted by Crippen LogP contribution is -2.04. The predicted molar refractivity (Wildman–Crippen MR) is 105 cm³/mol. The molecule has 3 aromatic carbocycles. The molecule has 1 aromatic heterocycles. The molecule has 1 aliphatic rings. The number of nitrogens with zero attached hydrogens (tertiary/aromatic N) is 1. The molecule has 0 saturated heterocycles. The van der Waals surface area contributed by atoms with E-state index < -0.39 is 0 Å². The molecule has 0 fully saturated rings. The molecule has 4 aromatic rings. The van der Waals surface area contributed by atoms with Gasteiger partial charge in [0.15, 0.2) is 5.76 Å². The van der Waals surface area contributed by atoms with Crippen LogP contribution in [0.15, 0.2) is 82.2 Å². The summed E-state index contributed by atoms with van der Waals surface area (Å²) in [4.78, 5) is 5.05. The Kier molecular flexibility index (Phi) is 3.39. The molecule has 0 atom stereocenters. The topological polar surface area (TPSA) is 34.7 Å². The zero-order valence-corrected chi connectivity index (χ0v) is 14.4. The molecule has 0 spiro atoms. The quantitative estimate of drug-likeness (QED) is 0.463. The number of furan rings is 1. The molecular formula is C23H17NO2. The number of fused-ring (bicyclic) bond motifs is 5. The van der Waals surface area contributed by atoms with Crippen LogP contribution in [0.5, 0.6) is 5.75 Å². The molecule has 2 heterocycles. The van der Waals surface area contributed by atoms with E-state index in [-0.39, 0.29) is 0 Å². The van der Waals surface area contributed by atoms with Gasteiger partial charge in [-0.05, 0) is 47.5 Å². The third kappa shape index (κ3) is 2.32. The molecule has 0 aliphatic carbocycles. The second kappa shape index (κ2) is 5.88. The Hall–Kier alpha value is -3.33. The van der Waals surface area contributed by atoms with Crippen LogP contribution in [0.1, 0.15) is 11.1 Å². The van der Waals surface area contributed by atoms with Crippen LogP contribution in [0.4, 0.5) is 5.69 Å². The van der Waals surface area contributed by atoms with Gasteiger partial charge in [-0.3, -0.25) is 0 Å². The van der Waals surface area contributed by atoms with Gasteiger partial charge < -0.3 is 9.15 Å². The number of rotatable bonds is 2. The van der Waals surface area contributed by atoms with Crippen molar-refractivity contribution in [3.63, 3.8) is 0 Å². The van der Waals surface area contributed by atoms with Gasteiger partial charge in [0.25, 0.3) is 0 Å². The Morgan fingerprint density at radius 3 is 2.50 bits per heavy atom. The van der Waals surface area contributed by atoms with Gasteiger partial charge in [0.05, 0.1) is 12.8 Å². The maximum atomic E-state index is 6.19. The molecule has 3 nitrogen and oxygen atoms in total. The molecule has 0 bridgehead atoms. The van der Waals surface area contributed by atoms with E-state index in [1.165, 1.54) is 5.56 Å². The summed E-state index contributed by atoms with van der Waals surface area (Å²) in [5.74, 6) is 1.70. The Bertz CT molecular complexity index is 1140. The van der Waals surface area contributed by atoms with Crippen molar-refractivity contribution in [3.05, 3.63) is 83.9 Å². The van der Waals surface area contributed by atoms with Crippen molar-refractivity contribution in [2.24, 2.45) is 4.99 Å². The second-order valence-corrected chi connectivity index (χ2v) is 6.40. The number of aliphatic imine (C=N–C) groups is 1. The number of para-hydroxylation sites is 1. The predicted octanol–water partition coefficient (Wildman–Crippen LogP) is 5.79. The van der Waals surface area contributed by atoms with E-state index in [2.05, 4.69) is 36.4 Å². The molecule has 3 heteroatoms. The van der Waals surface area contributed by atoms with E-state index in [4.69, 9.17) is 14.1 Å². The highest BCUT2D eigenvalue weighted by atomic mass is 16.5. The molecule has 126 valence electrons. The lowest BCUT2D eigenvalue weighted by atomic mass is 9.98. The van der Waals surface area contributed by atoms with E-state index in [0.29, 0.717) is 0 Å². The summed E-state index contributed by atoms with van der Waals surface area (Å²) < 4.78 is 11.5. The molecule has 1 aliphatic heterocycles. The number of hydrogen-bond donors (Lipinski definition) is 0. The first kappa shape index (κ1) is 15.0. The van der Waals surface area contributed by atoms with Crippen molar-refractivity contribution in [1.82, 2.24) is 0 Å². The summed E-state index contributed by atoms with van der Waals surface area (Å²) in [6.07, 6.45) is 0.765. The van der Waals surface area contributed by atoms with Gasteiger partial charge >= 0.3 is 0 Å². The number of benzene rings is 3. The van der Waals surface area contributed by atoms with Gasteiger partial charge in [0.2, 0.25) is 0 Å². The highest BCUT2D eigenvalue weighted by Crippen LogP contribution is 2.43. The Labute approximate surface area is 151 Å². The second-order valence-electron chi connectivity index (χ2n) is 6.40. The summed E-state index contributed by atoms with van der Waals surface area (Å²) >= 11 is 0. The van der Waals surface area contributed by atoms with Crippen LogP contribution >= 0.6 is 0 Å². The van der Waals surface area contributed by atoms with Crippen molar-refractivity contribution in [1.29, 1.82) is 0 Å². The van der Waals surface area contributed by atoms with Gasteiger partial charge in [-0.2, -0.15) is 0 Å². The lowest BCUT2D eigenvalue weighted by Gasteiger charge is -2.08. The van der Waals surface area contributed by atoms with Crippen LogP contribution in [0.3, 0.4) is 0 Å². The fourth-order valence-corrected chi connectivity index (χ4v) is 3.53. The minimum absolute atomic E-state index is 0.765. The molecule has 0 unspecified atom stereocenters. The van der Waals surface area contributed by atoms with Gasteiger partial charge in [-0.1, -0.05) is 36.4 Å². The molecule has 0 amide bonds. The Morgan fingerprint density at radius 1 is 0.885 bits per heavy atom. The van der Waals surface area contributed by atoms with Crippen molar-refractivity contribution >= 4 is 22.4 Å². The normalized spacial score (nSPS) is 12.9. The van der Waals surface area contributed by atoms with Crippen molar-refractivity contribution in [2.75, 3.05) is 7.11 Å².